The van der Waals surface area contributed by atoms with E-state index in [4.69, 9.17) is 4.74 Å². The summed E-state index contributed by atoms with van der Waals surface area (Å²) in [6.07, 6.45) is 5.19. The zero-order valence-corrected chi connectivity index (χ0v) is 17.6. The van der Waals surface area contributed by atoms with Crippen molar-refractivity contribution >= 4 is 23.6 Å². The van der Waals surface area contributed by atoms with Gasteiger partial charge in [0.05, 0.1) is 5.56 Å². The van der Waals surface area contributed by atoms with Crippen LogP contribution in [0.1, 0.15) is 67.9 Å². The van der Waals surface area contributed by atoms with Gasteiger partial charge in [-0.05, 0) is 63.4 Å². The number of nitrogens with zero attached hydrogens (tertiary/aromatic N) is 1. The number of esters is 1. The van der Waals surface area contributed by atoms with Gasteiger partial charge in [0.1, 0.15) is 5.60 Å². The van der Waals surface area contributed by atoms with Gasteiger partial charge in [-0.15, -0.1) is 0 Å². The molecule has 0 bridgehead atoms. The van der Waals surface area contributed by atoms with Crippen molar-refractivity contribution in [3.8, 4) is 0 Å². The smallest absolute Gasteiger partial charge is 0.338 e. The van der Waals surface area contributed by atoms with E-state index in [2.05, 4.69) is 12.1 Å². The van der Waals surface area contributed by atoms with Gasteiger partial charge in [0.2, 0.25) is 5.91 Å². The minimum Gasteiger partial charge on any atom is -0.456 e. The first-order valence-electron chi connectivity index (χ1n) is 10.1. The van der Waals surface area contributed by atoms with Gasteiger partial charge in [0, 0.05) is 24.6 Å². The van der Waals surface area contributed by atoms with Crippen LogP contribution in [0.2, 0.25) is 0 Å². The molecule has 1 aliphatic heterocycles. The van der Waals surface area contributed by atoms with Crippen molar-refractivity contribution < 1.29 is 14.3 Å². The van der Waals surface area contributed by atoms with E-state index in [1.54, 1.807) is 12.1 Å². The first-order valence-corrected chi connectivity index (χ1v) is 10.1. The molecule has 0 saturated carbocycles. The summed E-state index contributed by atoms with van der Waals surface area (Å²) in [5, 5.41) is 0. The third kappa shape index (κ3) is 5.35. The summed E-state index contributed by atoms with van der Waals surface area (Å²) >= 11 is 0. The van der Waals surface area contributed by atoms with Gasteiger partial charge >= 0.3 is 5.97 Å². The van der Waals surface area contributed by atoms with Gasteiger partial charge in [-0.3, -0.25) is 4.79 Å². The maximum Gasteiger partial charge on any atom is 0.338 e. The van der Waals surface area contributed by atoms with Crippen molar-refractivity contribution in [3.63, 3.8) is 0 Å². The van der Waals surface area contributed by atoms with E-state index < -0.39 is 5.60 Å². The number of hydrogen-bond donors (Lipinski definition) is 0. The Labute approximate surface area is 173 Å². The molecule has 1 unspecified atom stereocenters. The lowest BCUT2D eigenvalue weighted by Gasteiger charge is -2.33. The standard InChI is InChI=1S/C25H29NO3/c1-5-9-18-14-21(24(28)29-25(2,3)4)16-22(15-18)26-17-20(12-13-23(26)27)19-10-7-6-8-11-19/h5-11,14-16,20H,12-13,17H2,1-4H3. The van der Waals surface area contributed by atoms with Crippen LogP contribution in [0.5, 0.6) is 0 Å². The second-order valence-corrected chi connectivity index (χ2v) is 8.47. The molecular formula is C25H29NO3. The molecule has 2 aromatic carbocycles. The van der Waals surface area contributed by atoms with Gasteiger partial charge in [-0.1, -0.05) is 42.5 Å². The summed E-state index contributed by atoms with van der Waals surface area (Å²) in [5.41, 5.74) is 2.74. The van der Waals surface area contributed by atoms with Crippen LogP contribution >= 0.6 is 0 Å². The normalized spacial score (nSPS) is 17.6. The molecule has 1 aliphatic rings. The molecule has 4 nitrogen and oxygen atoms in total. The molecule has 1 amide bonds. The number of hydrogen-bond acceptors (Lipinski definition) is 3. The Kier molecular flexibility index (Phi) is 6.21. The Morgan fingerprint density at radius 2 is 1.86 bits per heavy atom. The molecule has 0 N–H and O–H groups in total. The predicted molar refractivity (Wildman–Crippen MR) is 117 cm³/mol. The van der Waals surface area contributed by atoms with Gasteiger partial charge in [-0.25, -0.2) is 4.79 Å². The highest BCUT2D eigenvalue weighted by Gasteiger charge is 2.29. The third-order valence-electron chi connectivity index (χ3n) is 4.93. The predicted octanol–water partition coefficient (Wildman–Crippen LogP) is 5.59. The van der Waals surface area contributed by atoms with Crippen LogP contribution < -0.4 is 4.90 Å². The second-order valence-electron chi connectivity index (χ2n) is 8.47. The molecule has 29 heavy (non-hydrogen) atoms. The molecular weight excluding hydrogens is 362 g/mol. The highest BCUT2D eigenvalue weighted by Crippen LogP contribution is 2.32. The Morgan fingerprint density at radius 1 is 1.14 bits per heavy atom. The van der Waals surface area contributed by atoms with Crippen LogP contribution in [0.3, 0.4) is 0 Å². The number of rotatable bonds is 4. The zero-order valence-electron chi connectivity index (χ0n) is 17.6. The monoisotopic (exact) mass is 391 g/mol. The van der Waals surface area contributed by atoms with Crippen LogP contribution in [0, 0.1) is 0 Å². The minimum absolute atomic E-state index is 0.0879. The highest BCUT2D eigenvalue weighted by molar-refractivity contribution is 5.97. The molecule has 0 radical (unpaired) electrons. The molecule has 1 fully saturated rings. The molecule has 0 aliphatic carbocycles. The Hall–Kier alpha value is -2.88. The van der Waals surface area contributed by atoms with Gasteiger partial charge in [0.25, 0.3) is 0 Å². The summed E-state index contributed by atoms with van der Waals surface area (Å²) in [7, 11) is 0. The summed E-state index contributed by atoms with van der Waals surface area (Å²) in [6.45, 7) is 8.08. The van der Waals surface area contributed by atoms with Crippen molar-refractivity contribution in [2.75, 3.05) is 11.4 Å². The van der Waals surface area contributed by atoms with Crippen LogP contribution in [-0.2, 0) is 9.53 Å². The first-order chi connectivity index (χ1) is 13.8. The number of benzene rings is 2. The molecule has 1 saturated heterocycles. The topological polar surface area (TPSA) is 46.6 Å². The van der Waals surface area contributed by atoms with Gasteiger partial charge in [0.15, 0.2) is 0 Å². The van der Waals surface area contributed by atoms with Crippen LogP contribution in [0.4, 0.5) is 5.69 Å². The van der Waals surface area contributed by atoms with E-state index in [9.17, 15) is 9.59 Å². The molecule has 2 aromatic rings. The second kappa shape index (κ2) is 8.64. The van der Waals surface area contributed by atoms with E-state index >= 15 is 0 Å². The highest BCUT2D eigenvalue weighted by atomic mass is 16.6. The van der Waals surface area contributed by atoms with Crippen molar-refractivity contribution in [2.45, 2.75) is 52.1 Å². The fourth-order valence-corrected chi connectivity index (χ4v) is 3.63. The summed E-state index contributed by atoms with van der Waals surface area (Å²) in [4.78, 5) is 27.2. The molecule has 0 spiro atoms. The van der Waals surface area contributed by atoms with E-state index in [-0.39, 0.29) is 17.8 Å². The van der Waals surface area contributed by atoms with Crippen molar-refractivity contribution in [3.05, 3.63) is 71.3 Å². The Bertz CT molecular complexity index is 909. The Balaban J connectivity index is 1.95. The number of anilines is 1. The molecule has 0 aromatic heterocycles. The maximum atomic E-state index is 12.7. The zero-order chi connectivity index (χ0) is 21.0. The van der Waals surface area contributed by atoms with E-state index in [1.807, 2.05) is 69.0 Å². The number of piperidine rings is 1. The van der Waals surface area contributed by atoms with Crippen LogP contribution in [-0.4, -0.2) is 24.0 Å². The first kappa shape index (κ1) is 20.8. The molecule has 3 rings (SSSR count). The number of carbonyl (C=O) groups is 2. The maximum absolute atomic E-state index is 12.7. The molecule has 1 atom stereocenters. The molecule has 152 valence electrons. The fourth-order valence-electron chi connectivity index (χ4n) is 3.63. The van der Waals surface area contributed by atoms with E-state index in [0.717, 1.165) is 17.7 Å². The fraction of sp³-hybridized carbons (Fsp3) is 0.360. The minimum atomic E-state index is -0.576. The summed E-state index contributed by atoms with van der Waals surface area (Å²) in [5.74, 6) is -0.0108. The number of amides is 1. The van der Waals surface area contributed by atoms with Gasteiger partial charge < -0.3 is 9.64 Å². The number of ether oxygens (including phenoxy) is 1. The lowest BCUT2D eigenvalue weighted by atomic mass is 9.90. The van der Waals surface area contributed by atoms with Crippen molar-refractivity contribution in [1.29, 1.82) is 0 Å². The van der Waals surface area contributed by atoms with Crippen molar-refractivity contribution in [1.82, 2.24) is 0 Å². The average Bonchev–Trinajstić information content (AvgIpc) is 2.68. The quantitative estimate of drug-likeness (QED) is 0.639. The number of allylic oxidation sites excluding steroid dienone is 1. The van der Waals surface area contributed by atoms with E-state index in [1.165, 1.54) is 5.56 Å². The molecule has 4 heteroatoms. The Morgan fingerprint density at radius 3 is 2.52 bits per heavy atom. The average molecular weight is 392 g/mol. The lowest BCUT2D eigenvalue weighted by Crippen LogP contribution is -2.39. The van der Waals surface area contributed by atoms with E-state index in [0.29, 0.717) is 18.5 Å². The van der Waals surface area contributed by atoms with Crippen LogP contribution in [0.25, 0.3) is 6.08 Å². The SMILES string of the molecule is CC=Cc1cc(C(=O)OC(C)(C)C)cc(N2CC(c3ccccc3)CCC2=O)c1. The van der Waals surface area contributed by atoms with Crippen molar-refractivity contribution in [2.24, 2.45) is 0 Å². The van der Waals surface area contributed by atoms with Gasteiger partial charge in [-0.2, -0.15) is 0 Å². The van der Waals surface area contributed by atoms with Crippen LogP contribution in [0.15, 0.2) is 54.6 Å². The summed E-state index contributed by atoms with van der Waals surface area (Å²) < 4.78 is 5.55. The number of carbonyl (C=O) groups excluding carboxylic acids is 2. The lowest BCUT2D eigenvalue weighted by molar-refractivity contribution is -0.119. The molecule has 1 heterocycles. The summed E-state index contributed by atoms with van der Waals surface area (Å²) in [6, 6.07) is 15.8. The third-order valence-corrected chi connectivity index (χ3v) is 4.93. The largest absolute Gasteiger partial charge is 0.456 e.